The van der Waals surface area contributed by atoms with Gasteiger partial charge >= 0.3 is 0 Å². The van der Waals surface area contributed by atoms with Crippen molar-refractivity contribution in [2.45, 2.75) is 38.3 Å². The number of hydrogen-bond acceptors (Lipinski definition) is 2. The summed E-state index contributed by atoms with van der Waals surface area (Å²) in [6.07, 6.45) is 3.79. The standard InChI is InChI=1S/C17H20ClNS/c1-2-15(16-4-3-11-20-16)19-17(12-5-6-12)13-7-9-14(18)10-8-13/h3-4,7-12,15,17,19H,2,5-6H2,1H3. The summed E-state index contributed by atoms with van der Waals surface area (Å²) in [6.45, 7) is 2.25. The van der Waals surface area contributed by atoms with E-state index in [2.05, 4.69) is 41.9 Å². The van der Waals surface area contributed by atoms with Crippen LogP contribution >= 0.6 is 22.9 Å². The van der Waals surface area contributed by atoms with Crippen LogP contribution in [0.4, 0.5) is 0 Å². The van der Waals surface area contributed by atoms with Crippen molar-refractivity contribution in [2.75, 3.05) is 0 Å². The van der Waals surface area contributed by atoms with Gasteiger partial charge in [-0.15, -0.1) is 11.3 Å². The molecule has 1 nitrogen and oxygen atoms in total. The Hall–Kier alpha value is -0.830. The molecule has 1 N–H and O–H groups in total. The molecule has 1 fully saturated rings. The molecule has 1 saturated carbocycles. The van der Waals surface area contributed by atoms with Crippen LogP contribution < -0.4 is 5.32 Å². The summed E-state index contributed by atoms with van der Waals surface area (Å²) in [5, 5.41) is 6.85. The molecule has 1 aliphatic rings. The first-order valence-corrected chi connectivity index (χ1v) is 8.58. The number of rotatable bonds is 6. The fraction of sp³-hybridized carbons (Fsp3) is 0.412. The molecule has 2 atom stereocenters. The number of benzene rings is 1. The molecule has 1 aliphatic carbocycles. The summed E-state index contributed by atoms with van der Waals surface area (Å²) in [6, 6.07) is 13.6. The Bertz CT molecular complexity index is 531. The number of nitrogens with one attached hydrogen (secondary N) is 1. The Labute approximate surface area is 130 Å². The maximum Gasteiger partial charge on any atom is 0.0417 e. The molecule has 1 aromatic heterocycles. The Morgan fingerprint density at radius 2 is 2.00 bits per heavy atom. The van der Waals surface area contributed by atoms with E-state index >= 15 is 0 Å². The first kappa shape index (κ1) is 14.1. The number of halogens is 1. The summed E-state index contributed by atoms with van der Waals surface area (Å²) >= 11 is 7.85. The Morgan fingerprint density at radius 1 is 1.25 bits per heavy atom. The summed E-state index contributed by atoms with van der Waals surface area (Å²) in [4.78, 5) is 1.44. The van der Waals surface area contributed by atoms with Crippen molar-refractivity contribution < 1.29 is 0 Å². The van der Waals surface area contributed by atoms with Gasteiger partial charge in [-0.3, -0.25) is 0 Å². The normalized spacial score (nSPS) is 17.9. The molecular formula is C17H20ClNS. The zero-order chi connectivity index (χ0) is 13.9. The first-order valence-electron chi connectivity index (χ1n) is 7.33. The number of hydrogen-bond donors (Lipinski definition) is 1. The SMILES string of the molecule is CCC(NC(c1ccc(Cl)cc1)C1CC1)c1cccs1. The second-order valence-corrected chi connectivity index (χ2v) is 6.93. The zero-order valence-electron chi connectivity index (χ0n) is 11.7. The lowest BCUT2D eigenvalue weighted by molar-refractivity contribution is 0.406. The smallest absolute Gasteiger partial charge is 0.0417 e. The van der Waals surface area contributed by atoms with Crippen LogP contribution in [0.5, 0.6) is 0 Å². The molecule has 0 aliphatic heterocycles. The molecule has 3 rings (SSSR count). The number of thiophene rings is 1. The highest BCUT2D eigenvalue weighted by Crippen LogP contribution is 2.42. The van der Waals surface area contributed by atoms with Gasteiger partial charge in [-0.2, -0.15) is 0 Å². The third-order valence-electron chi connectivity index (χ3n) is 4.00. The lowest BCUT2D eigenvalue weighted by atomic mass is 10.0. The average Bonchev–Trinajstić information content (AvgIpc) is 3.16. The van der Waals surface area contributed by atoms with Gasteiger partial charge in [0.05, 0.1) is 0 Å². The van der Waals surface area contributed by atoms with Crippen LogP contribution in [0, 0.1) is 5.92 Å². The lowest BCUT2D eigenvalue weighted by Crippen LogP contribution is -2.27. The highest BCUT2D eigenvalue weighted by atomic mass is 35.5. The molecule has 3 heteroatoms. The average molecular weight is 306 g/mol. The van der Waals surface area contributed by atoms with Crippen molar-refractivity contribution in [3.8, 4) is 0 Å². The molecule has 0 amide bonds. The third-order valence-corrected chi connectivity index (χ3v) is 5.24. The lowest BCUT2D eigenvalue weighted by Gasteiger charge is -2.25. The molecule has 106 valence electrons. The molecule has 20 heavy (non-hydrogen) atoms. The van der Waals surface area contributed by atoms with Crippen LogP contribution in [0.25, 0.3) is 0 Å². The van der Waals surface area contributed by atoms with Crippen LogP contribution in [0.15, 0.2) is 41.8 Å². The highest BCUT2D eigenvalue weighted by Gasteiger charge is 2.33. The highest BCUT2D eigenvalue weighted by molar-refractivity contribution is 7.10. The first-order chi connectivity index (χ1) is 9.78. The van der Waals surface area contributed by atoms with E-state index in [0.29, 0.717) is 12.1 Å². The van der Waals surface area contributed by atoms with E-state index < -0.39 is 0 Å². The van der Waals surface area contributed by atoms with Crippen molar-refractivity contribution in [1.29, 1.82) is 0 Å². The van der Waals surface area contributed by atoms with Gasteiger partial charge in [-0.1, -0.05) is 36.7 Å². The van der Waals surface area contributed by atoms with Crippen molar-refractivity contribution >= 4 is 22.9 Å². The predicted octanol–water partition coefficient (Wildman–Crippen LogP) is 5.59. The summed E-state index contributed by atoms with van der Waals surface area (Å²) in [7, 11) is 0. The molecule has 0 spiro atoms. The van der Waals surface area contributed by atoms with Crippen LogP contribution in [0.3, 0.4) is 0 Å². The van der Waals surface area contributed by atoms with Crippen LogP contribution in [0.1, 0.15) is 48.7 Å². The van der Waals surface area contributed by atoms with Gasteiger partial charge in [0.15, 0.2) is 0 Å². The fourth-order valence-electron chi connectivity index (χ4n) is 2.71. The summed E-state index contributed by atoms with van der Waals surface area (Å²) in [5.74, 6) is 0.783. The predicted molar refractivity (Wildman–Crippen MR) is 87.4 cm³/mol. The van der Waals surface area contributed by atoms with E-state index in [9.17, 15) is 0 Å². The molecule has 1 aromatic carbocycles. The second-order valence-electron chi connectivity index (χ2n) is 5.51. The van der Waals surface area contributed by atoms with Crippen LogP contribution in [-0.4, -0.2) is 0 Å². The fourth-order valence-corrected chi connectivity index (χ4v) is 3.71. The molecule has 1 heterocycles. The molecule has 0 radical (unpaired) electrons. The summed E-state index contributed by atoms with van der Waals surface area (Å²) in [5.41, 5.74) is 1.37. The topological polar surface area (TPSA) is 12.0 Å². The molecule has 0 bridgehead atoms. The van der Waals surface area contributed by atoms with Gasteiger partial charge < -0.3 is 5.32 Å². The minimum absolute atomic E-state index is 0.455. The monoisotopic (exact) mass is 305 g/mol. The maximum atomic E-state index is 6.01. The van der Waals surface area contributed by atoms with E-state index in [0.717, 1.165) is 17.4 Å². The molecular weight excluding hydrogens is 286 g/mol. The Balaban J connectivity index is 1.79. The van der Waals surface area contributed by atoms with E-state index in [-0.39, 0.29) is 0 Å². The van der Waals surface area contributed by atoms with Crippen LogP contribution in [0.2, 0.25) is 5.02 Å². The maximum absolute atomic E-state index is 6.01. The van der Waals surface area contributed by atoms with Gasteiger partial charge in [-0.05, 0) is 54.3 Å². The summed E-state index contributed by atoms with van der Waals surface area (Å²) < 4.78 is 0. The van der Waals surface area contributed by atoms with E-state index in [1.807, 2.05) is 23.5 Å². The Kier molecular flexibility index (Phi) is 4.45. The Morgan fingerprint density at radius 3 is 2.55 bits per heavy atom. The van der Waals surface area contributed by atoms with Gasteiger partial charge in [0.2, 0.25) is 0 Å². The van der Waals surface area contributed by atoms with Gasteiger partial charge in [0, 0.05) is 22.0 Å². The van der Waals surface area contributed by atoms with E-state index in [1.165, 1.54) is 23.3 Å². The van der Waals surface area contributed by atoms with E-state index in [4.69, 9.17) is 11.6 Å². The second kappa shape index (κ2) is 6.30. The third kappa shape index (κ3) is 3.25. The molecule has 2 aromatic rings. The zero-order valence-corrected chi connectivity index (χ0v) is 13.3. The van der Waals surface area contributed by atoms with Crippen LogP contribution in [-0.2, 0) is 0 Å². The minimum Gasteiger partial charge on any atom is -0.302 e. The largest absolute Gasteiger partial charge is 0.302 e. The van der Waals surface area contributed by atoms with Crippen molar-refractivity contribution in [2.24, 2.45) is 5.92 Å². The molecule has 0 saturated heterocycles. The minimum atomic E-state index is 0.455. The molecule has 2 unspecified atom stereocenters. The van der Waals surface area contributed by atoms with Gasteiger partial charge in [0.1, 0.15) is 0 Å². The van der Waals surface area contributed by atoms with E-state index in [1.54, 1.807) is 0 Å². The van der Waals surface area contributed by atoms with Crippen molar-refractivity contribution in [1.82, 2.24) is 5.32 Å². The van der Waals surface area contributed by atoms with Gasteiger partial charge in [-0.25, -0.2) is 0 Å². The van der Waals surface area contributed by atoms with Crippen molar-refractivity contribution in [3.05, 3.63) is 57.2 Å². The van der Waals surface area contributed by atoms with Crippen molar-refractivity contribution in [3.63, 3.8) is 0 Å². The quantitative estimate of drug-likeness (QED) is 0.733. The van der Waals surface area contributed by atoms with Gasteiger partial charge in [0.25, 0.3) is 0 Å².